The summed E-state index contributed by atoms with van der Waals surface area (Å²) < 4.78 is 28.7. The van der Waals surface area contributed by atoms with Crippen LogP contribution in [0.25, 0.3) is 10.8 Å². The molecule has 5 nitrogen and oxygen atoms in total. The molecule has 0 saturated heterocycles. The van der Waals surface area contributed by atoms with Gasteiger partial charge in [-0.05, 0) is 53.8 Å². The van der Waals surface area contributed by atoms with E-state index in [0.717, 1.165) is 34.3 Å². The van der Waals surface area contributed by atoms with Crippen LogP contribution in [0.15, 0.2) is 60.9 Å². The minimum absolute atomic E-state index is 0.275. The summed E-state index contributed by atoms with van der Waals surface area (Å²) in [6, 6.07) is 12.6. The Morgan fingerprint density at radius 2 is 1.90 bits per heavy atom. The highest BCUT2D eigenvalue weighted by molar-refractivity contribution is 5.98. The van der Waals surface area contributed by atoms with E-state index in [2.05, 4.69) is 15.4 Å². The van der Waals surface area contributed by atoms with Crippen LogP contribution in [0.2, 0.25) is 0 Å². The highest BCUT2D eigenvalue weighted by Gasteiger charge is 2.16. The molecule has 0 fully saturated rings. The lowest BCUT2D eigenvalue weighted by Crippen LogP contribution is -2.28. The summed E-state index contributed by atoms with van der Waals surface area (Å²) in [4.78, 5) is 17.4. The number of aryl methyl sites for hydroxylation is 1. The minimum Gasteiger partial charge on any atom is -0.345 e. The summed E-state index contributed by atoms with van der Waals surface area (Å²) in [6.07, 6.45) is 4.72. The van der Waals surface area contributed by atoms with Gasteiger partial charge < -0.3 is 5.32 Å². The van der Waals surface area contributed by atoms with E-state index in [9.17, 15) is 13.6 Å². The van der Waals surface area contributed by atoms with Crippen LogP contribution in [0.3, 0.4) is 0 Å². The number of aromatic nitrogens is 3. The summed E-state index contributed by atoms with van der Waals surface area (Å²) in [5, 5.41) is 8.92. The van der Waals surface area contributed by atoms with Crippen LogP contribution in [0, 0.1) is 11.6 Å². The normalized spacial score (nSPS) is 12.1. The number of hydrogen-bond donors (Lipinski definition) is 1. The van der Waals surface area contributed by atoms with Crippen LogP contribution in [0.5, 0.6) is 0 Å². The summed E-state index contributed by atoms with van der Waals surface area (Å²) in [5.41, 5.74) is 2.93. The number of hydrogen-bond acceptors (Lipinski definition) is 3. The lowest BCUT2D eigenvalue weighted by Gasteiger charge is -2.18. The molecular weight excluding hydrogens is 398 g/mol. The zero-order valence-corrected chi connectivity index (χ0v) is 17.3. The maximum absolute atomic E-state index is 13.6. The van der Waals surface area contributed by atoms with Gasteiger partial charge >= 0.3 is 0 Å². The first-order chi connectivity index (χ1) is 14.9. The molecule has 0 bridgehead atoms. The van der Waals surface area contributed by atoms with Crippen molar-refractivity contribution in [2.75, 3.05) is 0 Å². The van der Waals surface area contributed by atoms with Crippen LogP contribution in [0.4, 0.5) is 8.78 Å². The number of nitrogens with one attached hydrogen (secondary N) is 1. The molecule has 7 heteroatoms. The van der Waals surface area contributed by atoms with Gasteiger partial charge in [0.1, 0.15) is 0 Å². The molecule has 0 aliphatic heterocycles. The Balaban J connectivity index is 1.56. The predicted molar refractivity (Wildman–Crippen MR) is 115 cm³/mol. The fraction of sp³-hybridized carbons (Fsp3) is 0.208. The Labute approximate surface area is 178 Å². The molecule has 0 spiro atoms. The predicted octanol–water partition coefficient (Wildman–Crippen LogP) is 4.72. The highest BCUT2D eigenvalue weighted by atomic mass is 19.2. The SMILES string of the molecule is CC[C@@H](NC(=O)c1ccc2cnc(Cc3ccnn3C)cc2c1)c1ccc(F)c(F)c1. The summed E-state index contributed by atoms with van der Waals surface area (Å²) in [6.45, 7) is 1.88. The van der Waals surface area contributed by atoms with E-state index < -0.39 is 17.7 Å². The van der Waals surface area contributed by atoms with Gasteiger partial charge in [-0.3, -0.25) is 14.5 Å². The van der Waals surface area contributed by atoms with Gasteiger partial charge in [-0.1, -0.05) is 19.1 Å². The number of amides is 1. The number of halogens is 2. The molecule has 4 aromatic rings. The van der Waals surface area contributed by atoms with Crippen LogP contribution in [0.1, 0.15) is 46.7 Å². The molecule has 2 heterocycles. The largest absolute Gasteiger partial charge is 0.345 e. The average molecular weight is 420 g/mol. The van der Waals surface area contributed by atoms with Crippen molar-refractivity contribution in [1.82, 2.24) is 20.1 Å². The molecule has 0 unspecified atom stereocenters. The Bertz CT molecular complexity index is 1250. The Morgan fingerprint density at radius 3 is 2.61 bits per heavy atom. The lowest BCUT2D eigenvalue weighted by atomic mass is 10.0. The molecule has 4 rings (SSSR count). The van der Waals surface area contributed by atoms with Crippen molar-refractivity contribution >= 4 is 16.7 Å². The monoisotopic (exact) mass is 420 g/mol. The second-order valence-electron chi connectivity index (χ2n) is 7.47. The standard InChI is InChI=1S/C24H22F2N4O/c1-3-23(15-6-7-21(25)22(26)12-15)29-24(31)16-4-5-17-14-27-19(11-18(17)10-16)13-20-8-9-28-30(20)2/h4-12,14,23H,3,13H2,1-2H3,(H,29,31)/t23-/m1/s1. The average Bonchev–Trinajstić information content (AvgIpc) is 3.17. The van der Waals surface area contributed by atoms with E-state index in [4.69, 9.17) is 0 Å². The van der Waals surface area contributed by atoms with Crippen molar-refractivity contribution in [3.05, 3.63) is 95.1 Å². The van der Waals surface area contributed by atoms with Gasteiger partial charge in [-0.15, -0.1) is 0 Å². The van der Waals surface area contributed by atoms with Crippen LogP contribution >= 0.6 is 0 Å². The van der Waals surface area contributed by atoms with E-state index in [1.165, 1.54) is 6.07 Å². The highest BCUT2D eigenvalue weighted by Crippen LogP contribution is 2.22. The molecule has 2 aromatic carbocycles. The number of fused-ring (bicyclic) bond motifs is 1. The van der Waals surface area contributed by atoms with Gasteiger partial charge in [0.25, 0.3) is 5.91 Å². The van der Waals surface area contributed by atoms with E-state index in [-0.39, 0.29) is 5.91 Å². The number of rotatable bonds is 6. The van der Waals surface area contributed by atoms with Crippen LogP contribution in [-0.2, 0) is 13.5 Å². The summed E-state index contributed by atoms with van der Waals surface area (Å²) in [5.74, 6) is -2.11. The number of pyridine rings is 1. The smallest absolute Gasteiger partial charge is 0.251 e. The number of carbonyl (C=O) groups excluding carboxylic acids is 1. The zero-order chi connectivity index (χ0) is 22.0. The van der Waals surface area contributed by atoms with Crippen molar-refractivity contribution in [2.45, 2.75) is 25.8 Å². The third-order valence-electron chi connectivity index (χ3n) is 5.38. The zero-order valence-electron chi connectivity index (χ0n) is 17.3. The number of benzene rings is 2. The second-order valence-corrected chi connectivity index (χ2v) is 7.47. The minimum atomic E-state index is -0.927. The first kappa shape index (κ1) is 20.7. The topological polar surface area (TPSA) is 59.8 Å². The number of carbonyl (C=O) groups is 1. The van der Waals surface area contributed by atoms with E-state index in [0.29, 0.717) is 24.0 Å². The quantitative estimate of drug-likeness (QED) is 0.491. The fourth-order valence-corrected chi connectivity index (χ4v) is 3.58. The first-order valence-corrected chi connectivity index (χ1v) is 10.1. The lowest BCUT2D eigenvalue weighted by molar-refractivity contribution is 0.0935. The second kappa shape index (κ2) is 8.63. The molecule has 2 aromatic heterocycles. The van der Waals surface area contributed by atoms with Crippen molar-refractivity contribution in [1.29, 1.82) is 0 Å². The van der Waals surface area contributed by atoms with Crippen molar-refractivity contribution in [3.63, 3.8) is 0 Å². The summed E-state index contributed by atoms with van der Waals surface area (Å²) in [7, 11) is 1.88. The molecule has 0 saturated carbocycles. The molecule has 1 N–H and O–H groups in total. The third-order valence-corrected chi connectivity index (χ3v) is 5.38. The van der Waals surface area contributed by atoms with E-state index in [1.54, 1.807) is 23.1 Å². The molecule has 0 aliphatic carbocycles. The Morgan fingerprint density at radius 1 is 1.06 bits per heavy atom. The van der Waals surface area contributed by atoms with Gasteiger partial charge in [0.15, 0.2) is 11.6 Å². The van der Waals surface area contributed by atoms with E-state index >= 15 is 0 Å². The third kappa shape index (κ3) is 4.45. The van der Waals surface area contributed by atoms with Gasteiger partial charge in [-0.2, -0.15) is 5.10 Å². The van der Waals surface area contributed by atoms with Crippen LogP contribution < -0.4 is 5.32 Å². The van der Waals surface area contributed by atoms with Gasteiger partial charge in [0.2, 0.25) is 0 Å². The van der Waals surface area contributed by atoms with Crippen LogP contribution in [-0.4, -0.2) is 20.7 Å². The van der Waals surface area contributed by atoms with E-state index in [1.807, 2.05) is 38.2 Å². The first-order valence-electron chi connectivity index (χ1n) is 10.1. The van der Waals surface area contributed by atoms with Gasteiger partial charge in [0, 0.05) is 48.2 Å². The summed E-state index contributed by atoms with van der Waals surface area (Å²) >= 11 is 0. The van der Waals surface area contributed by atoms with Crippen molar-refractivity contribution < 1.29 is 13.6 Å². The molecule has 1 amide bonds. The molecule has 0 aliphatic rings. The fourth-order valence-electron chi connectivity index (χ4n) is 3.58. The van der Waals surface area contributed by atoms with Gasteiger partial charge in [-0.25, -0.2) is 8.78 Å². The van der Waals surface area contributed by atoms with Crippen molar-refractivity contribution in [2.24, 2.45) is 7.05 Å². The Kier molecular flexibility index (Phi) is 5.75. The number of nitrogens with zero attached hydrogens (tertiary/aromatic N) is 3. The molecular formula is C24H22F2N4O. The molecule has 0 radical (unpaired) electrons. The maximum atomic E-state index is 13.6. The molecule has 158 valence electrons. The Hall–Kier alpha value is -3.61. The van der Waals surface area contributed by atoms with Gasteiger partial charge in [0.05, 0.1) is 6.04 Å². The molecule has 31 heavy (non-hydrogen) atoms. The maximum Gasteiger partial charge on any atom is 0.251 e. The van der Waals surface area contributed by atoms with Crippen molar-refractivity contribution in [3.8, 4) is 0 Å². The molecule has 1 atom stereocenters.